The summed E-state index contributed by atoms with van der Waals surface area (Å²) in [6.45, 7) is 0.413. The van der Waals surface area contributed by atoms with Crippen LogP contribution in [0.25, 0.3) is 33.3 Å². The van der Waals surface area contributed by atoms with Crippen LogP contribution in [0.5, 0.6) is 0 Å². The molecule has 1 aromatic heterocycles. The SMILES string of the molecule is N#Cc1cccc(-c2cc3c(-c4ccccc4CN)ccc(C(N)=O)c3[nH]2)c1.O=C1C=CN1. The Morgan fingerprint density at radius 1 is 1.00 bits per heavy atom. The maximum absolute atomic E-state index is 12.0. The topological polar surface area (TPSA) is 138 Å². The lowest BCUT2D eigenvalue weighted by molar-refractivity contribution is -0.117. The van der Waals surface area contributed by atoms with Gasteiger partial charge in [0, 0.05) is 29.9 Å². The molecule has 6 N–H and O–H groups in total. The number of aromatic nitrogens is 1. The molecule has 2 amide bonds. The number of benzene rings is 3. The zero-order valence-electron chi connectivity index (χ0n) is 17.6. The van der Waals surface area contributed by atoms with E-state index in [4.69, 9.17) is 11.5 Å². The minimum atomic E-state index is -0.497. The van der Waals surface area contributed by atoms with Gasteiger partial charge in [-0.3, -0.25) is 9.59 Å². The fourth-order valence-corrected chi connectivity index (χ4v) is 3.68. The largest absolute Gasteiger partial charge is 0.366 e. The van der Waals surface area contributed by atoms with Crippen molar-refractivity contribution in [1.29, 1.82) is 5.26 Å². The van der Waals surface area contributed by atoms with E-state index in [1.165, 1.54) is 6.08 Å². The summed E-state index contributed by atoms with van der Waals surface area (Å²) >= 11 is 0. The molecule has 1 aliphatic rings. The lowest BCUT2D eigenvalue weighted by atomic mass is 9.95. The van der Waals surface area contributed by atoms with E-state index in [9.17, 15) is 14.9 Å². The van der Waals surface area contributed by atoms with Crippen LogP contribution < -0.4 is 16.8 Å². The predicted molar refractivity (Wildman–Crippen MR) is 128 cm³/mol. The van der Waals surface area contributed by atoms with E-state index in [0.717, 1.165) is 33.3 Å². The Hall–Kier alpha value is -4.67. The predicted octanol–water partition coefficient (Wildman–Crippen LogP) is 3.56. The number of aromatic amines is 1. The summed E-state index contributed by atoms with van der Waals surface area (Å²) in [5, 5.41) is 12.5. The van der Waals surface area contributed by atoms with Crippen LogP contribution in [-0.2, 0) is 11.3 Å². The van der Waals surface area contributed by atoms with Crippen molar-refractivity contribution in [2.24, 2.45) is 11.5 Å². The van der Waals surface area contributed by atoms with Crippen molar-refractivity contribution < 1.29 is 9.59 Å². The number of nitrogens with zero attached hydrogens (tertiary/aromatic N) is 1. The Labute approximate surface area is 190 Å². The van der Waals surface area contributed by atoms with E-state index in [-0.39, 0.29) is 5.91 Å². The van der Waals surface area contributed by atoms with Crippen LogP contribution in [0, 0.1) is 11.3 Å². The number of H-pyrrole nitrogens is 1. The molecule has 0 saturated carbocycles. The minimum Gasteiger partial charge on any atom is -0.366 e. The first-order valence-corrected chi connectivity index (χ1v) is 10.2. The maximum Gasteiger partial charge on any atom is 0.250 e. The molecular weight excluding hydrogens is 414 g/mol. The fraction of sp³-hybridized carbons (Fsp3) is 0.0385. The van der Waals surface area contributed by atoms with Gasteiger partial charge in [0.2, 0.25) is 5.91 Å². The van der Waals surface area contributed by atoms with Crippen LogP contribution in [0.15, 0.2) is 79.0 Å². The fourth-order valence-electron chi connectivity index (χ4n) is 3.68. The van der Waals surface area contributed by atoms with Crippen LogP contribution in [-0.4, -0.2) is 16.8 Å². The minimum absolute atomic E-state index is 0.00463. The molecule has 0 saturated heterocycles. The summed E-state index contributed by atoms with van der Waals surface area (Å²) in [4.78, 5) is 25.0. The molecule has 0 fully saturated rings. The number of hydrogen-bond acceptors (Lipinski definition) is 4. The van der Waals surface area contributed by atoms with Crippen molar-refractivity contribution in [3.8, 4) is 28.5 Å². The van der Waals surface area contributed by atoms with Gasteiger partial charge < -0.3 is 21.8 Å². The van der Waals surface area contributed by atoms with E-state index >= 15 is 0 Å². The second kappa shape index (κ2) is 9.22. The number of fused-ring (bicyclic) bond motifs is 1. The van der Waals surface area contributed by atoms with Crippen LogP contribution in [0.1, 0.15) is 21.5 Å². The van der Waals surface area contributed by atoms with E-state index < -0.39 is 5.91 Å². The molecule has 1 aliphatic heterocycles. The average molecular weight is 435 g/mol. The van der Waals surface area contributed by atoms with Gasteiger partial charge in [-0.15, -0.1) is 0 Å². The molecule has 162 valence electrons. The first kappa shape index (κ1) is 21.6. The molecule has 0 radical (unpaired) electrons. The third-order valence-corrected chi connectivity index (χ3v) is 5.35. The highest BCUT2D eigenvalue weighted by molar-refractivity contribution is 6.10. The molecule has 2 heterocycles. The summed E-state index contributed by atoms with van der Waals surface area (Å²) in [7, 11) is 0. The van der Waals surface area contributed by atoms with Gasteiger partial charge in [-0.25, -0.2) is 0 Å². The summed E-state index contributed by atoms with van der Waals surface area (Å²) in [5.41, 5.74) is 17.9. The van der Waals surface area contributed by atoms with Gasteiger partial charge in [0.05, 0.1) is 22.7 Å². The average Bonchev–Trinajstić information content (AvgIpc) is 3.28. The van der Waals surface area contributed by atoms with Crippen molar-refractivity contribution in [1.82, 2.24) is 10.3 Å². The maximum atomic E-state index is 12.0. The van der Waals surface area contributed by atoms with Gasteiger partial charge in [-0.2, -0.15) is 5.26 Å². The Balaban J connectivity index is 0.000000459. The van der Waals surface area contributed by atoms with Crippen LogP contribution in [0.4, 0.5) is 0 Å². The Morgan fingerprint density at radius 2 is 1.76 bits per heavy atom. The monoisotopic (exact) mass is 435 g/mol. The van der Waals surface area contributed by atoms with Crippen LogP contribution in [0.2, 0.25) is 0 Å². The Kier molecular flexibility index (Phi) is 6.02. The van der Waals surface area contributed by atoms with E-state index in [1.54, 1.807) is 18.3 Å². The van der Waals surface area contributed by atoms with Gasteiger partial charge in [0.1, 0.15) is 0 Å². The number of hydrogen-bond donors (Lipinski definition) is 4. The molecule has 7 nitrogen and oxygen atoms in total. The standard InChI is InChI=1S/C23H18N4O.C3H3NO/c24-12-14-4-3-6-15(10-14)21-11-20-18(17-7-2-1-5-16(17)13-25)8-9-19(23(26)28)22(20)27-21;5-3-1-2-4-3/h1-11,27H,13,25H2,(H2,26,28);1-2H,(H,4,5). The van der Waals surface area contributed by atoms with Crippen LogP contribution in [0.3, 0.4) is 0 Å². The normalized spacial score (nSPS) is 11.7. The van der Waals surface area contributed by atoms with E-state index in [0.29, 0.717) is 23.2 Å². The molecule has 0 bridgehead atoms. The molecule has 3 aromatic carbocycles. The summed E-state index contributed by atoms with van der Waals surface area (Å²) in [6, 6.07) is 23.0. The molecule has 33 heavy (non-hydrogen) atoms. The van der Waals surface area contributed by atoms with Gasteiger partial charge in [0.15, 0.2) is 0 Å². The van der Waals surface area contributed by atoms with Gasteiger partial charge in [-0.05, 0) is 46.5 Å². The van der Waals surface area contributed by atoms with Crippen molar-refractivity contribution in [2.45, 2.75) is 6.54 Å². The molecule has 4 aromatic rings. The second-order valence-corrected chi connectivity index (χ2v) is 7.39. The number of primary amides is 1. The number of carbonyl (C=O) groups excluding carboxylic acids is 2. The smallest absolute Gasteiger partial charge is 0.250 e. The number of amides is 2. The lowest BCUT2D eigenvalue weighted by Crippen LogP contribution is -2.22. The first-order valence-electron chi connectivity index (χ1n) is 10.2. The second-order valence-electron chi connectivity index (χ2n) is 7.39. The van der Waals surface area contributed by atoms with Gasteiger partial charge >= 0.3 is 0 Å². The summed E-state index contributed by atoms with van der Waals surface area (Å²) < 4.78 is 0. The molecule has 0 aliphatic carbocycles. The lowest BCUT2D eigenvalue weighted by Gasteiger charge is -2.10. The summed E-state index contributed by atoms with van der Waals surface area (Å²) in [5.74, 6) is -0.493. The van der Waals surface area contributed by atoms with E-state index in [2.05, 4.69) is 16.4 Å². The molecular formula is C26H21N5O2. The van der Waals surface area contributed by atoms with Crippen molar-refractivity contribution in [3.05, 3.63) is 95.7 Å². The highest BCUT2D eigenvalue weighted by Gasteiger charge is 2.16. The zero-order valence-corrected chi connectivity index (χ0v) is 17.6. The zero-order chi connectivity index (χ0) is 23.4. The molecule has 0 atom stereocenters. The Morgan fingerprint density at radius 3 is 2.39 bits per heavy atom. The highest BCUT2D eigenvalue weighted by atomic mass is 16.2. The molecule has 0 unspecified atom stereocenters. The number of nitriles is 1. The van der Waals surface area contributed by atoms with Crippen molar-refractivity contribution in [2.75, 3.05) is 0 Å². The quantitative estimate of drug-likeness (QED) is 0.389. The third kappa shape index (κ3) is 4.37. The number of rotatable bonds is 4. The van der Waals surface area contributed by atoms with E-state index in [1.807, 2.05) is 54.6 Å². The number of nitrogens with two attached hydrogens (primary N) is 2. The first-order chi connectivity index (χ1) is 16.0. The molecule has 5 rings (SSSR count). The number of nitrogens with one attached hydrogen (secondary N) is 2. The van der Waals surface area contributed by atoms with Crippen LogP contribution >= 0.6 is 0 Å². The summed E-state index contributed by atoms with van der Waals surface area (Å²) in [6.07, 6.45) is 3.07. The third-order valence-electron chi connectivity index (χ3n) is 5.35. The number of carbonyl (C=O) groups is 2. The Bertz CT molecular complexity index is 1440. The van der Waals surface area contributed by atoms with Crippen molar-refractivity contribution >= 4 is 22.7 Å². The molecule has 0 spiro atoms. The highest BCUT2D eigenvalue weighted by Crippen LogP contribution is 2.35. The van der Waals surface area contributed by atoms with Gasteiger partial charge in [-0.1, -0.05) is 42.5 Å². The molecule has 7 heteroatoms. The van der Waals surface area contributed by atoms with Crippen molar-refractivity contribution in [3.63, 3.8) is 0 Å². The van der Waals surface area contributed by atoms with Gasteiger partial charge in [0.25, 0.3) is 5.91 Å².